The lowest BCUT2D eigenvalue weighted by Gasteiger charge is -2.14. The molecule has 88 valence electrons. The van der Waals surface area contributed by atoms with E-state index in [1.54, 1.807) is 13.2 Å². The Balaban J connectivity index is 2.21. The van der Waals surface area contributed by atoms with Crippen LogP contribution in [0.15, 0.2) is 12.1 Å². The summed E-state index contributed by atoms with van der Waals surface area (Å²) in [6.07, 6.45) is 3.29. The molecule has 1 atom stereocenters. The topological polar surface area (TPSA) is 21.3 Å². The summed E-state index contributed by atoms with van der Waals surface area (Å²) in [5.41, 5.74) is 2.11. The van der Waals surface area contributed by atoms with E-state index in [4.69, 9.17) is 4.74 Å². The first-order valence-corrected chi connectivity index (χ1v) is 5.77. The Kier molecular flexibility index (Phi) is 3.44. The van der Waals surface area contributed by atoms with Crippen molar-refractivity contribution >= 4 is 0 Å². The van der Waals surface area contributed by atoms with Crippen molar-refractivity contribution in [3.8, 4) is 5.75 Å². The third-order valence-electron chi connectivity index (χ3n) is 3.28. The molecule has 0 bridgehead atoms. The van der Waals surface area contributed by atoms with Gasteiger partial charge in [-0.25, -0.2) is 4.39 Å². The molecule has 0 amide bonds. The summed E-state index contributed by atoms with van der Waals surface area (Å²) in [5.74, 6) is 0.434. The van der Waals surface area contributed by atoms with Crippen LogP contribution < -0.4 is 10.1 Å². The first-order valence-electron chi connectivity index (χ1n) is 5.77. The zero-order valence-corrected chi connectivity index (χ0v) is 9.85. The molecule has 1 aliphatic heterocycles. The zero-order chi connectivity index (χ0) is 11.5. The monoisotopic (exact) mass is 223 g/mol. The minimum atomic E-state index is -0.213. The Hall–Kier alpha value is -1.09. The van der Waals surface area contributed by atoms with Crippen LogP contribution in [0.2, 0.25) is 0 Å². The maximum absolute atomic E-state index is 13.4. The number of ether oxygens (including phenoxy) is 1. The van der Waals surface area contributed by atoms with E-state index in [-0.39, 0.29) is 5.82 Å². The van der Waals surface area contributed by atoms with E-state index in [0.717, 1.165) is 24.1 Å². The summed E-state index contributed by atoms with van der Waals surface area (Å²) in [6, 6.07) is 3.56. The van der Waals surface area contributed by atoms with E-state index >= 15 is 0 Å². The Bertz CT molecular complexity index is 372. The third kappa shape index (κ3) is 2.35. The van der Waals surface area contributed by atoms with Gasteiger partial charge in [0.1, 0.15) is 11.6 Å². The summed E-state index contributed by atoms with van der Waals surface area (Å²) < 4.78 is 18.5. The molecule has 0 radical (unpaired) electrons. The van der Waals surface area contributed by atoms with Gasteiger partial charge in [0.15, 0.2) is 0 Å². The molecule has 3 heteroatoms. The SMILES string of the molecule is COc1cc(F)cc(CC2CCCN2)c1C. The van der Waals surface area contributed by atoms with Gasteiger partial charge in [-0.05, 0) is 49.9 Å². The van der Waals surface area contributed by atoms with E-state index in [1.807, 2.05) is 6.92 Å². The zero-order valence-electron chi connectivity index (χ0n) is 9.85. The highest BCUT2D eigenvalue weighted by Gasteiger charge is 2.17. The van der Waals surface area contributed by atoms with Gasteiger partial charge >= 0.3 is 0 Å². The van der Waals surface area contributed by atoms with Gasteiger partial charge in [-0.2, -0.15) is 0 Å². The third-order valence-corrected chi connectivity index (χ3v) is 3.28. The van der Waals surface area contributed by atoms with Crippen molar-refractivity contribution in [2.24, 2.45) is 0 Å². The summed E-state index contributed by atoms with van der Waals surface area (Å²) in [7, 11) is 1.58. The Labute approximate surface area is 95.8 Å². The highest BCUT2D eigenvalue weighted by atomic mass is 19.1. The maximum atomic E-state index is 13.4. The molecule has 0 aliphatic carbocycles. The maximum Gasteiger partial charge on any atom is 0.127 e. The summed E-state index contributed by atoms with van der Waals surface area (Å²) in [6.45, 7) is 3.07. The normalized spacial score (nSPS) is 20.1. The molecule has 2 rings (SSSR count). The summed E-state index contributed by atoms with van der Waals surface area (Å²) in [5, 5.41) is 3.43. The molecular formula is C13H18FNO. The van der Waals surface area contributed by atoms with Gasteiger partial charge in [0.2, 0.25) is 0 Å². The number of hydrogen-bond acceptors (Lipinski definition) is 2. The molecule has 1 saturated heterocycles. The average Bonchev–Trinajstić information content (AvgIpc) is 2.75. The van der Waals surface area contributed by atoms with E-state index in [0.29, 0.717) is 11.8 Å². The quantitative estimate of drug-likeness (QED) is 0.849. The first kappa shape index (κ1) is 11.4. The van der Waals surface area contributed by atoms with Crippen molar-refractivity contribution in [1.29, 1.82) is 0 Å². The molecule has 0 saturated carbocycles. The number of rotatable bonds is 3. The predicted molar refractivity (Wildman–Crippen MR) is 62.4 cm³/mol. The summed E-state index contributed by atoms with van der Waals surface area (Å²) in [4.78, 5) is 0. The molecular weight excluding hydrogens is 205 g/mol. The molecule has 1 aliphatic rings. The highest BCUT2D eigenvalue weighted by Crippen LogP contribution is 2.25. The van der Waals surface area contributed by atoms with Crippen LogP contribution in [0, 0.1) is 12.7 Å². The lowest BCUT2D eigenvalue weighted by atomic mass is 9.99. The number of methoxy groups -OCH3 is 1. The molecule has 1 N–H and O–H groups in total. The summed E-state index contributed by atoms with van der Waals surface area (Å²) >= 11 is 0. The van der Waals surface area contributed by atoms with Crippen LogP contribution >= 0.6 is 0 Å². The number of halogens is 1. The molecule has 16 heavy (non-hydrogen) atoms. The number of hydrogen-bond donors (Lipinski definition) is 1. The lowest BCUT2D eigenvalue weighted by Crippen LogP contribution is -2.24. The Morgan fingerprint density at radius 2 is 2.31 bits per heavy atom. The smallest absolute Gasteiger partial charge is 0.127 e. The fourth-order valence-corrected chi connectivity index (χ4v) is 2.33. The van der Waals surface area contributed by atoms with Crippen molar-refractivity contribution in [3.05, 3.63) is 29.1 Å². The van der Waals surface area contributed by atoms with E-state index in [9.17, 15) is 4.39 Å². The molecule has 1 aromatic rings. The van der Waals surface area contributed by atoms with Crippen molar-refractivity contribution in [1.82, 2.24) is 5.32 Å². The van der Waals surface area contributed by atoms with Crippen LogP contribution in [0.3, 0.4) is 0 Å². The minimum absolute atomic E-state index is 0.213. The van der Waals surface area contributed by atoms with Gasteiger partial charge in [-0.15, -0.1) is 0 Å². The van der Waals surface area contributed by atoms with Crippen LogP contribution in [0.1, 0.15) is 24.0 Å². The van der Waals surface area contributed by atoms with Gasteiger partial charge < -0.3 is 10.1 Å². The van der Waals surface area contributed by atoms with E-state index in [1.165, 1.54) is 18.9 Å². The van der Waals surface area contributed by atoms with Gasteiger partial charge in [0.25, 0.3) is 0 Å². The Morgan fingerprint density at radius 1 is 1.50 bits per heavy atom. The highest BCUT2D eigenvalue weighted by molar-refractivity contribution is 5.40. The fraction of sp³-hybridized carbons (Fsp3) is 0.538. The molecule has 1 aromatic carbocycles. The van der Waals surface area contributed by atoms with Crippen LogP contribution in [-0.2, 0) is 6.42 Å². The second-order valence-corrected chi connectivity index (χ2v) is 4.39. The van der Waals surface area contributed by atoms with E-state index < -0.39 is 0 Å². The van der Waals surface area contributed by atoms with Crippen LogP contribution in [0.4, 0.5) is 4.39 Å². The van der Waals surface area contributed by atoms with Gasteiger partial charge in [-0.1, -0.05) is 0 Å². The second kappa shape index (κ2) is 4.83. The van der Waals surface area contributed by atoms with Crippen molar-refractivity contribution in [2.75, 3.05) is 13.7 Å². The number of benzene rings is 1. The van der Waals surface area contributed by atoms with Gasteiger partial charge in [0, 0.05) is 12.1 Å². The molecule has 1 heterocycles. The largest absolute Gasteiger partial charge is 0.496 e. The van der Waals surface area contributed by atoms with Crippen LogP contribution in [0.25, 0.3) is 0 Å². The number of nitrogens with one attached hydrogen (secondary N) is 1. The van der Waals surface area contributed by atoms with Crippen molar-refractivity contribution in [2.45, 2.75) is 32.2 Å². The molecule has 0 spiro atoms. The van der Waals surface area contributed by atoms with Gasteiger partial charge in [-0.3, -0.25) is 0 Å². The molecule has 1 unspecified atom stereocenters. The standard InChI is InChI=1S/C13H18FNO/c1-9-10(7-12-4-3-5-15-12)6-11(14)8-13(9)16-2/h6,8,12,15H,3-5,7H2,1-2H3. The lowest BCUT2D eigenvalue weighted by molar-refractivity contribution is 0.406. The van der Waals surface area contributed by atoms with Crippen molar-refractivity contribution in [3.63, 3.8) is 0 Å². The van der Waals surface area contributed by atoms with Crippen LogP contribution in [0.5, 0.6) is 5.75 Å². The first-order chi connectivity index (χ1) is 7.70. The molecule has 0 aromatic heterocycles. The van der Waals surface area contributed by atoms with E-state index in [2.05, 4.69) is 5.32 Å². The van der Waals surface area contributed by atoms with Crippen molar-refractivity contribution < 1.29 is 9.13 Å². The molecule has 2 nitrogen and oxygen atoms in total. The fourth-order valence-electron chi connectivity index (χ4n) is 2.33. The Morgan fingerprint density at radius 3 is 2.94 bits per heavy atom. The van der Waals surface area contributed by atoms with Gasteiger partial charge in [0.05, 0.1) is 7.11 Å². The average molecular weight is 223 g/mol. The second-order valence-electron chi connectivity index (χ2n) is 4.39. The minimum Gasteiger partial charge on any atom is -0.496 e. The molecule has 1 fully saturated rings. The predicted octanol–water partition coefficient (Wildman–Crippen LogP) is 2.44. The van der Waals surface area contributed by atoms with Crippen LogP contribution in [-0.4, -0.2) is 19.7 Å².